The van der Waals surface area contributed by atoms with Gasteiger partial charge in [0.15, 0.2) is 0 Å². The monoisotopic (exact) mass is 477 g/mol. The molecule has 0 saturated carbocycles. The number of rotatable bonds is 6. The number of amides is 1. The number of hydrogen-bond acceptors (Lipinski definition) is 4. The van der Waals surface area contributed by atoms with E-state index in [4.69, 9.17) is 0 Å². The Morgan fingerprint density at radius 3 is 2.24 bits per heavy atom. The van der Waals surface area contributed by atoms with Gasteiger partial charge >= 0.3 is 6.09 Å². The van der Waals surface area contributed by atoms with Gasteiger partial charge < -0.3 is 10.4 Å². The molecule has 2 aromatic carbocycles. The molecule has 3 rings (SSSR count). The van der Waals surface area contributed by atoms with Crippen molar-refractivity contribution in [3.63, 3.8) is 0 Å². The van der Waals surface area contributed by atoms with Crippen molar-refractivity contribution in [2.24, 2.45) is 0 Å². The van der Waals surface area contributed by atoms with Crippen LogP contribution in [0.3, 0.4) is 0 Å². The van der Waals surface area contributed by atoms with Crippen LogP contribution in [0.15, 0.2) is 58.3 Å². The minimum Gasteiger partial charge on any atom is -0.435 e. The molecule has 1 amide bonds. The van der Waals surface area contributed by atoms with E-state index in [-0.39, 0.29) is 19.8 Å². The molecule has 1 fully saturated rings. The Bertz CT molecular complexity index is 1100. The minimum atomic E-state index is -3.72. The quantitative estimate of drug-likeness (QED) is 0.468. The molecule has 8 heteroatoms. The standard InChI is InChI=1S/C25H33FN2O4S/c1-24(2,3)28(23(29)30)16-13-25(4,14-17-28)27-15-12-19-18-21(10-11-22(19)26)33(31,32)20-8-6-5-7-9-20/h5-11,18,27H,12-17H2,1-4H3/p+1. The maximum atomic E-state index is 14.5. The minimum absolute atomic E-state index is 0.0261. The fourth-order valence-corrected chi connectivity index (χ4v) is 5.91. The lowest BCUT2D eigenvalue weighted by molar-refractivity contribution is -0.909. The predicted octanol–water partition coefficient (Wildman–Crippen LogP) is 4.64. The van der Waals surface area contributed by atoms with Gasteiger partial charge in [-0.1, -0.05) is 18.2 Å². The first-order valence-corrected chi connectivity index (χ1v) is 12.7. The van der Waals surface area contributed by atoms with E-state index >= 15 is 0 Å². The van der Waals surface area contributed by atoms with E-state index in [0.717, 1.165) is 0 Å². The van der Waals surface area contributed by atoms with Crippen molar-refractivity contribution in [3.8, 4) is 0 Å². The van der Waals surface area contributed by atoms with Gasteiger partial charge in [0.05, 0.1) is 22.9 Å². The van der Waals surface area contributed by atoms with Crippen molar-refractivity contribution in [1.82, 2.24) is 5.32 Å². The summed E-state index contributed by atoms with van der Waals surface area (Å²) in [4.78, 5) is 12.3. The highest BCUT2D eigenvalue weighted by Gasteiger charge is 2.52. The lowest BCUT2D eigenvalue weighted by Gasteiger charge is -2.50. The third-order valence-corrected chi connectivity index (χ3v) is 8.84. The highest BCUT2D eigenvalue weighted by molar-refractivity contribution is 7.91. The van der Waals surface area contributed by atoms with Gasteiger partial charge in [-0.25, -0.2) is 17.3 Å². The number of nitrogens with one attached hydrogen (secondary N) is 1. The predicted molar refractivity (Wildman–Crippen MR) is 125 cm³/mol. The van der Waals surface area contributed by atoms with Crippen LogP contribution >= 0.6 is 0 Å². The topological polar surface area (TPSA) is 83.5 Å². The molecular weight excluding hydrogens is 443 g/mol. The van der Waals surface area contributed by atoms with Crippen molar-refractivity contribution in [2.45, 2.75) is 67.8 Å². The molecule has 1 heterocycles. The second-order valence-electron chi connectivity index (χ2n) is 10.2. The number of hydrogen-bond donors (Lipinski definition) is 2. The summed E-state index contributed by atoms with van der Waals surface area (Å²) >= 11 is 0. The van der Waals surface area contributed by atoms with E-state index in [0.29, 0.717) is 44.5 Å². The van der Waals surface area contributed by atoms with E-state index in [1.54, 1.807) is 18.2 Å². The molecule has 2 aromatic rings. The van der Waals surface area contributed by atoms with Crippen LogP contribution < -0.4 is 5.32 Å². The number of likely N-dealkylation sites (tertiary alicyclic amines) is 1. The van der Waals surface area contributed by atoms with E-state index in [1.807, 2.05) is 20.8 Å². The van der Waals surface area contributed by atoms with Gasteiger partial charge in [-0.3, -0.25) is 0 Å². The molecule has 0 bridgehead atoms. The summed E-state index contributed by atoms with van der Waals surface area (Å²) in [6, 6.07) is 12.0. The third kappa shape index (κ3) is 5.13. The molecular formula is C25H34FN2O4S+. The number of benzene rings is 2. The zero-order valence-electron chi connectivity index (χ0n) is 19.8. The van der Waals surface area contributed by atoms with Gasteiger partial charge in [-0.15, -0.1) is 0 Å². The summed E-state index contributed by atoms with van der Waals surface area (Å²) in [7, 11) is -3.72. The van der Waals surface area contributed by atoms with Gasteiger partial charge in [0, 0.05) is 18.4 Å². The van der Waals surface area contributed by atoms with Gasteiger partial charge in [0.2, 0.25) is 9.84 Å². The number of carbonyl (C=O) groups is 1. The molecule has 6 nitrogen and oxygen atoms in total. The molecule has 1 aliphatic rings. The molecule has 1 aliphatic heterocycles. The molecule has 1 saturated heterocycles. The van der Waals surface area contributed by atoms with E-state index in [9.17, 15) is 22.7 Å². The van der Waals surface area contributed by atoms with Crippen LogP contribution in [0.4, 0.5) is 9.18 Å². The van der Waals surface area contributed by atoms with Crippen LogP contribution in [0.5, 0.6) is 0 Å². The number of sulfone groups is 1. The lowest BCUT2D eigenvalue weighted by Crippen LogP contribution is -2.69. The Morgan fingerprint density at radius 1 is 1.09 bits per heavy atom. The molecule has 0 aliphatic carbocycles. The SMILES string of the molecule is CC1(NCCc2cc(S(=O)(=O)c3ccccc3)ccc2F)CC[N+](C(=O)O)(C(C)(C)C)CC1. The number of piperidine rings is 1. The summed E-state index contributed by atoms with van der Waals surface area (Å²) < 4.78 is 40.2. The summed E-state index contributed by atoms with van der Waals surface area (Å²) in [5.41, 5.74) is -0.322. The van der Waals surface area contributed by atoms with Crippen molar-refractivity contribution in [2.75, 3.05) is 19.6 Å². The van der Waals surface area contributed by atoms with Crippen molar-refractivity contribution in [1.29, 1.82) is 0 Å². The first-order chi connectivity index (χ1) is 15.3. The maximum absolute atomic E-state index is 14.5. The van der Waals surface area contributed by atoms with Crippen LogP contribution in [-0.2, 0) is 16.3 Å². The van der Waals surface area contributed by atoms with E-state index in [1.165, 1.54) is 30.3 Å². The van der Waals surface area contributed by atoms with Gasteiger partial charge in [-0.05, 0) is 76.6 Å². The first-order valence-electron chi connectivity index (χ1n) is 11.3. The normalized spacial score (nSPS) is 23.9. The second-order valence-corrected chi connectivity index (χ2v) is 12.1. The fraction of sp³-hybridized carbons (Fsp3) is 0.480. The zero-order chi connectivity index (χ0) is 24.5. The van der Waals surface area contributed by atoms with Crippen molar-refractivity contribution in [3.05, 3.63) is 59.9 Å². The number of nitrogens with zero attached hydrogens (tertiary/aromatic N) is 1. The Labute approximate surface area is 195 Å². The zero-order valence-corrected chi connectivity index (χ0v) is 20.6. The highest BCUT2D eigenvalue weighted by atomic mass is 32.2. The number of quaternary nitrogens is 1. The second kappa shape index (κ2) is 9.16. The summed E-state index contributed by atoms with van der Waals surface area (Å²) in [5.74, 6) is -0.438. The van der Waals surface area contributed by atoms with Crippen molar-refractivity contribution < 1.29 is 27.2 Å². The van der Waals surface area contributed by atoms with Gasteiger partial charge in [0.1, 0.15) is 11.4 Å². The molecule has 33 heavy (non-hydrogen) atoms. The highest BCUT2D eigenvalue weighted by Crippen LogP contribution is 2.34. The molecule has 180 valence electrons. The average molecular weight is 478 g/mol. The third-order valence-electron chi connectivity index (χ3n) is 7.07. The molecule has 0 aromatic heterocycles. The Balaban J connectivity index is 1.68. The van der Waals surface area contributed by atoms with Gasteiger partial charge in [-0.2, -0.15) is 4.79 Å². The van der Waals surface area contributed by atoms with Crippen LogP contribution in [0.1, 0.15) is 46.1 Å². The van der Waals surface area contributed by atoms with Crippen LogP contribution in [0, 0.1) is 5.82 Å². The maximum Gasteiger partial charge on any atom is 0.513 e. The van der Waals surface area contributed by atoms with E-state index in [2.05, 4.69) is 12.2 Å². The number of halogens is 1. The Kier molecular flexibility index (Phi) is 7.03. The van der Waals surface area contributed by atoms with Gasteiger partial charge in [0.25, 0.3) is 0 Å². The van der Waals surface area contributed by atoms with E-state index < -0.39 is 27.3 Å². The fourth-order valence-electron chi connectivity index (χ4n) is 4.58. The molecule has 0 unspecified atom stereocenters. The van der Waals surface area contributed by atoms with Crippen LogP contribution in [-0.4, -0.2) is 54.8 Å². The average Bonchev–Trinajstić information content (AvgIpc) is 2.75. The summed E-state index contributed by atoms with van der Waals surface area (Å²) in [6.07, 6.45) is 0.892. The number of carboxylic acid groups (broad SMARTS) is 1. The molecule has 0 spiro atoms. The summed E-state index contributed by atoms with van der Waals surface area (Å²) in [5, 5.41) is 13.4. The Morgan fingerprint density at radius 2 is 1.70 bits per heavy atom. The largest absolute Gasteiger partial charge is 0.513 e. The smallest absolute Gasteiger partial charge is 0.435 e. The first kappa shape index (κ1) is 25.3. The molecule has 0 radical (unpaired) electrons. The lowest BCUT2D eigenvalue weighted by atomic mass is 9.85. The summed E-state index contributed by atoms with van der Waals surface area (Å²) in [6.45, 7) is 9.43. The van der Waals surface area contributed by atoms with Crippen LogP contribution in [0.2, 0.25) is 0 Å². The van der Waals surface area contributed by atoms with Crippen LogP contribution in [0.25, 0.3) is 0 Å². The van der Waals surface area contributed by atoms with Crippen molar-refractivity contribution >= 4 is 15.9 Å². The molecule has 0 atom stereocenters. The molecule has 2 N–H and O–H groups in total. The Hall–Kier alpha value is -2.29.